The number of rotatable bonds is 3. The largest absolute Gasteiger partial charge is 0.476 e. The number of anilines is 1. The zero-order valence-electron chi connectivity index (χ0n) is 10.2. The van der Waals surface area contributed by atoms with Crippen molar-refractivity contribution in [3.8, 4) is 20.3 Å². The average Bonchev–Trinajstić information content (AvgIpc) is 3.09. The molecule has 3 N–H and O–H groups in total. The van der Waals surface area contributed by atoms with E-state index in [0.717, 1.165) is 9.75 Å². The molecule has 0 atom stereocenters. The quantitative estimate of drug-likeness (QED) is 0.771. The zero-order chi connectivity index (χ0) is 14.1. The molecular formula is C14H10N2O2S2. The van der Waals surface area contributed by atoms with Gasteiger partial charge in [-0.1, -0.05) is 6.07 Å². The normalized spacial score (nSPS) is 10.6. The molecule has 3 rings (SSSR count). The van der Waals surface area contributed by atoms with Crippen LogP contribution in [0.5, 0.6) is 0 Å². The van der Waals surface area contributed by atoms with E-state index in [2.05, 4.69) is 11.1 Å². The van der Waals surface area contributed by atoms with Gasteiger partial charge in [-0.3, -0.25) is 0 Å². The maximum absolute atomic E-state index is 11.1. The van der Waals surface area contributed by atoms with Crippen molar-refractivity contribution in [3.63, 3.8) is 0 Å². The van der Waals surface area contributed by atoms with Gasteiger partial charge in [0.1, 0.15) is 0 Å². The Morgan fingerprint density at radius 3 is 2.60 bits per heavy atom. The first-order chi connectivity index (χ1) is 9.65. The number of nitrogens with two attached hydrogens (primary N) is 1. The summed E-state index contributed by atoms with van der Waals surface area (Å²) in [6.45, 7) is 0. The van der Waals surface area contributed by atoms with Crippen LogP contribution in [0.4, 0.5) is 5.69 Å². The van der Waals surface area contributed by atoms with Crippen LogP contribution in [0.15, 0.2) is 41.8 Å². The first kappa shape index (κ1) is 12.8. The minimum Gasteiger partial charge on any atom is -0.476 e. The lowest BCUT2D eigenvalue weighted by molar-refractivity contribution is 0.0692. The smallest absolute Gasteiger partial charge is 0.356 e. The highest BCUT2D eigenvalue weighted by Gasteiger charge is 2.13. The zero-order valence-corrected chi connectivity index (χ0v) is 11.9. The van der Waals surface area contributed by atoms with Crippen molar-refractivity contribution in [1.29, 1.82) is 0 Å². The second-order valence-electron chi connectivity index (χ2n) is 4.08. The summed E-state index contributed by atoms with van der Waals surface area (Å²) in [5, 5.41) is 11.1. The lowest BCUT2D eigenvalue weighted by atomic mass is 10.2. The molecule has 20 heavy (non-hydrogen) atoms. The van der Waals surface area contributed by atoms with Gasteiger partial charge in [0.2, 0.25) is 0 Å². The first-order valence-corrected chi connectivity index (χ1v) is 7.48. The highest BCUT2D eigenvalue weighted by molar-refractivity contribution is 7.23. The Labute approximate surface area is 123 Å². The number of aromatic carboxylic acids is 1. The Morgan fingerprint density at radius 2 is 1.90 bits per heavy atom. The number of hydrogen-bond donors (Lipinski definition) is 2. The molecule has 6 heteroatoms. The Kier molecular flexibility index (Phi) is 3.25. The first-order valence-electron chi connectivity index (χ1n) is 5.79. The minimum atomic E-state index is -1.11. The van der Waals surface area contributed by atoms with E-state index < -0.39 is 5.97 Å². The SMILES string of the molecule is Nc1ccc(-c2ccc(-c3cccs3)s2)nc1C(=O)O. The Hall–Kier alpha value is -2.18. The van der Waals surface area contributed by atoms with Gasteiger partial charge in [-0.25, -0.2) is 9.78 Å². The van der Waals surface area contributed by atoms with Crippen LogP contribution in [0.25, 0.3) is 20.3 Å². The van der Waals surface area contributed by atoms with Crippen LogP contribution < -0.4 is 5.73 Å². The molecule has 0 amide bonds. The van der Waals surface area contributed by atoms with Gasteiger partial charge in [0, 0.05) is 9.75 Å². The number of aromatic nitrogens is 1. The summed E-state index contributed by atoms with van der Waals surface area (Å²) in [6.07, 6.45) is 0. The molecule has 3 aromatic rings. The molecule has 0 saturated heterocycles. The minimum absolute atomic E-state index is 0.103. The fourth-order valence-electron chi connectivity index (χ4n) is 1.81. The summed E-state index contributed by atoms with van der Waals surface area (Å²) in [7, 11) is 0. The van der Waals surface area contributed by atoms with E-state index >= 15 is 0 Å². The second kappa shape index (κ2) is 5.07. The number of carboxylic acids is 1. The van der Waals surface area contributed by atoms with E-state index in [9.17, 15) is 4.79 Å². The maximum atomic E-state index is 11.1. The third kappa shape index (κ3) is 2.31. The second-order valence-corrected chi connectivity index (χ2v) is 6.11. The van der Waals surface area contributed by atoms with E-state index in [-0.39, 0.29) is 11.4 Å². The lowest BCUT2D eigenvalue weighted by Crippen LogP contribution is -2.05. The number of carbonyl (C=O) groups is 1. The molecule has 0 aliphatic carbocycles. The number of pyridine rings is 1. The lowest BCUT2D eigenvalue weighted by Gasteiger charge is -2.02. The van der Waals surface area contributed by atoms with Crippen LogP contribution in [0.3, 0.4) is 0 Å². The third-order valence-corrected chi connectivity index (χ3v) is 4.92. The molecule has 0 fully saturated rings. The number of thiophene rings is 2. The molecule has 0 aliphatic rings. The Bertz CT molecular complexity index is 763. The summed E-state index contributed by atoms with van der Waals surface area (Å²) in [5.41, 5.74) is 6.32. The molecule has 4 nitrogen and oxygen atoms in total. The van der Waals surface area contributed by atoms with Crippen molar-refractivity contribution < 1.29 is 9.90 Å². The van der Waals surface area contributed by atoms with E-state index in [1.165, 1.54) is 4.88 Å². The summed E-state index contributed by atoms with van der Waals surface area (Å²) < 4.78 is 0. The van der Waals surface area contributed by atoms with Crippen LogP contribution in [0.2, 0.25) is 0 Å². The molecule has 0 unspecified atom stereocenters. The monoisotopic (exact) mass is 302 g/mol. The molecule has 3 heterocycles. The van der Waals surface area contributed by atoms with Crippen LogP contribution in [0.1, 0.15) is 10.5 Å². The third-order valence-electron chi connectivity index (χ3n) is 2.75. The van der Waals surface area contributed by atoms with E-state index in [1.807, 2.05) is 23.6 Å². The molecule has 100 valence electrons. The van der Waals surface area contributed by atoms with Crippen molar-refractivity contribution in [2.75, 3.05) is 5.73 Å². The topological polar surface area (TPSA) is 76.2 Å². The average molecular weight is 302 g/mol. The molecule has 0 aliphatic heterocycles. The van der Waals surface area contributed by atoms with Crippen molar-refractivity contribution in [1.82, 2.24) is 4.98 Å². The predicted octanol–water partition coefficient (Wildman–Crippen LogP) is 3.82. The van der Waals surface area contributed by atoms with Gasteiger partial charge in [-0.05, 0) is 35.7 Å². The summed E-state index contributed by atoms with van der Waals surface area (Å²) >= 11 is 3.26. The summed E-state index contributed by atoms with van der Waals surface area (Å²) in [4.78, 5) is 18.4. The van der Waals surface area contributed by atoms with Gasteiger partial charge in [0.05, 0.1) is 16.3 Å². The Balaban J connectivity index is 2.02. The molecule has 0 bridgehead atoms. The Morgan fingerprint density at radius 1 is 1.10 bits per heavy atom. The maximum Gasteiger partial charge on any atom is 0.356 e. The number of nitrogen functional groups attached to an aromatic ring is 1. The van der Waals surface area contributed by atoms with Gasteiger partial charge in [0.15, 0.2) is 5.69 Å². The van der Waals surface area contributed by atoms with Gasteiger partial charge in [-0.2, -0.15) is 0 Å². The standard InChI is InChI=1S/C14H10N2O2S2/c15-8-3-4-9(16-13(8)14(17)18)10-5-6-12(20-10)11-2-1-7-19-11/h1-7H,15H2,(H,17,18). The van der Waals surface area contributed by atoms with Gasteiger partial charge in [-0.15, -0.1) is 22.7 Å². The molecule has 0 radical (unpaired) electrons. The van der Waals surface area contributed by atoms with Crippen molar-refractivity contribution in [2.24, 2.45) is 0 Å². The molecule has 0 aromatic carbocycles. The van der Waals surface area contributed by atoms with E-state index in [4.69, 9.17) is 10.8 Å². The van der Waals surface area contributed by atoms with Crippen LogP contribution in [-0.2, 0) is 0 Å². The predicted molar refractivity (Wildman–Crippen MR) is 82.2 cm³/mol. The van der Waals surface area contributed by atoms with Gasteiger partial charge < -0.3 is 10.8 Å². The fraction of sp³-hybridized carbons (Fsp3) is 0. The fourth-order valence-corrected chi connectivity index (χ4v) is 3.62. The van der Waals surface area contributed by atoms with E-state index in [1.54, 1.807) is 34.8 Å². The summed E-state index contributed by atoms with van der Waals surface area (Å²) in [5.74, 6) is -1.11. The number of nitrogens with zero attached hydrogens (tertiary/aromatic N) is 1. The molecule has 0 spiro atoms. The highest BCUT2D eigenvalue weighted by Crippen LogP contribution is 2.36. The highest BCUT2D eigenvalue weighted by atomic mass is 32.1. The van der Waals surface area contributed by atoms with Crippen LogP contribution >= 0.6 is 22.7 Å². The molecule has 3 aromatic heterocycles. The molecular weight excluding hydrogens is 292 g/mol. The van der Waals surface area contributed by atoms with Gasteiger partial charge in [0.25, 0.3) is 0 Å². The number of carboxylic acid groups (broad SMARTS) is 1. The molecule has 0 saturated carbocycles. The van der Waals surface area contributed by atoms with Crippen molar-refractivity contribution in [2.45, 2.75) is 0 Å². The van der Waals surface area contributed by atoms with Crippen molar-refractivity contribution in [3.05, 3.63) is 47.5 Å². The van der Waals surface area contributed by atoms with Crippen molar-refractivity contribution >= 4 is 34.3 Å². The van der Waals surface area contributed by atoms with Crippen LogP contribution in [-0.4, -0.2) is 16.1 Å². The summed E-state index contributed by atoms with van der Waals surface area (Å²) in [6, 6.07) is 11.3. The van der Waals surface area contributed by atoms with Crippen LogP contribution in [0, 0.1) is 0 Å². The van der Waals surface area contributed by atoms with E-state index in [0.29, 0.717) is 5.69 Å². The number of hydrogen-bond acceptors (Lipinski definition) is 5. The van der Waals surface area contributed by atoms with Gasteiger partial charge >= 0.3 is 5.97 Å².